The van der Waals surface area contributed by atoms with Gasteiger partial charge in [-0.05, 0) is 38.3 Å². The highest BCUT2D eigenvalue weighted by molar-refractivity contribution is 5.94. The molecular formula is C23H36N4O4. The average molecular weight is 433 g/mol. The molecule has 1 fully saturated rings. The lowest BCUT2D eigenvalue weighted by Crippen LogP contribution is -2.51. The summed E-state index contributed by atoms with van der Waals surface area (Å²) in [6.07, 6.45) is 3.72. The zero-order valence-electron chi connectivity index (χ0n) is 19.1. The second kappa shape index (κ2) is 12.3. The number of nitrogens with zero attached hydrogens (tertiary/aromatic N) is 2. The quantitative estimate of drug-likeness (QED) is 0.553. The number of hydrogen-bond donors (Lipinski definition) is 2. The van der Waals surface area contributed by atoms with Gasteiger partial charge in [-0.3, -0.25) is 19.3 Å². The molecule has 0 radical (unpaired) electrons. The zero-order chi connectivity index (χ0) is 22.8. The van der Waals surface area contributed by atoms with Crippen LogP contribution in [0.5, 0.6) is 5.75 Å². The fraction of sp³-hybridized carbons (Fsp3) is 0.609. The first-order valence-corrected chi connectivity index (χ1v) is 11.0. The van der Waals surface area contributed by atoms with Gasteiger partial charge in [0, 0.05) is 37.9 Å². The first kappa shape index (κ1) is 24.7. The summed E-state index contributed by atoms with van der Waals surface area (Å²) in [7, 11) is 3.19. The van der Waals surface area contributed by atoms with Gasteiger partial charge in [-0.25, -0.2) is 0 Å². The lowest BCUT2D eigenvalue weighted by Gasteiger charge is -2.37. The van der Waals surface area contributed by atoms with Gasteiger partial charge in [0.1, 0.15) is 5.75 Å². The van der Waals surface area contributed by atoms with Crippen LogP contribution in [0.15, 0.2) is 24.3 Å². The van der Waals surface area contributed by atoms with Crippen molar-refractivity contribution in [1.29, 1.82) is 0 Å². The number of unbranched alkanes of at least 4 members (excludes halogenated alkanes) is 1. The third-order valence-electron chi connectivity index (χ3n) is 5.71. The van der Waals surface area contributed by atoms with Crippen LogP contribution >= 0.6 is 0 Å². The van der Waals surface area contributed by atoms with Crippen LogP contribution in [0.3, 0.4) is 0 Å². The Morgan fingerprint density at radius 3 is 2.74 bits per heavy atom. The number of carbonyl (C=O) groups is 3. The van der Waals surface area contributed by atoms with E-state index in [-0.39, 0.29) is 42.8 Å². The number of hydrogen-bond acceptors (Lipinski definition) is 5. The van der Waals surface area contributed by atoms with Crippen molar-refractivity contribution in [3.63, 3.8) is 0 Å². The second-order valence-electron chi connectivity index (χ2n) is 8.23. The number of likely N-dealkylation sites (N-methyl/N-ethyl adjacent to an activating group) is 1. The molecule has 0 spiro atoms. The third kappa shape index (κ3) is 7.86. The van der Waals surface area contributed by atoms with Crippen LogP contribution in [0, 0.1) is 5.92 Å². The van der Waals surface area contributed by atoms with Crippen molar-refractivity contribution < 1.29 is 19.1 Å². The van der Waals surface area contributed by atoms with Crippen LogP contribution in [0.2, 0.25) is 0 Å². The van der Waals surface area contributed by atoms with E-state index < -0.39 is 0 Å². The van der Waals surface area contributed by atoms with Crippen molar-refractivity contribution in [3.05, 3.63) is 24.3 Å². The molecule has 0 saturated carbocycles. The monoisotopic (exact) mass is 432 g/mol. The van der Waals surface area contributed by atoms with E-state index in [1.165, 1.54) is 4.90 Å². The van der Waals surface area contributed by atoms with Crippen LogP contribution in [0.25, 0.3) is 0 Å². The number of methoxy groups -OCH3 is 1. The molecule has 1 aromatic rings. The van der Waals surface area contributed by atoms with Crippen LogP contribution in [-0.4, -0.2) is 73.9 Å². The Morgan fingerprint density at radius 2 is 2.03 bits per heavy atom. The Bertz CT molecular complexity index is 755. The molecule has 31 heavy (non-hydrogen) atoms. The Kier molecular flexibility index (Phi) is 9.78. The van der Waals surface area contributed by atoms with Gasteiger partial charge in [-0.2, -0.15) is 0 Å². The van der Waals surface area contributed by atoms with Gasteiger partial charge in [-0.15, -0.1) is 0 Å². The minimum absolute atomic E-state index is 0.0425. The van der Waals surface area contributed by atoms with Gasteiger partial charge in [0.2, 0.25) is 17.7 Å². The smallest absolute Gasteiger partial charge is 0.243 e. The van der Waals surface area contributed by atoms with Crippen molar-refractivity contribution in [2.75, 3.05) is 45.7 Å². The lowest BCUT2D eigenvalue weighted by atomic mass is 9.92. The standard InChI is InChI=1S/C23H36N4O4/c1-5-6-12-24-23(30)18-11-10-17(2)27(14-18)16-22(29)26(3)15-21(28)25-19-8-7-9-20(13-19)31-4/h7-9,13,17-18H,5-6,10-12,14-16H2,1-4H3,(H,24,30)(H,25,28). The molecule has 172 valence electrons. The molecule has 1 aromatic carbocycles. The molecule has 2 N–H and O–H groups in total. The van der Waals surface area contributed by atoms with E-state index in [4.69, 9.17) is 4.74 Å². The van der Waals surface area contributed by atoms with Gasteiger partial charge in [0.25, 0.3) is 0 Å². The van der Waals surface area contributed by atoms with Crippen molar-refractivity contribution in [3.8, 4) is 5.75 Å². The maximum Gasteiger partial charge on any atom is 0.243 e. The molecule has 2 unspecified atom stereocenters. The number of anilines is 1. The number of ether oxygens (including phenoxy) is 1. The maximum atomic E-state index is 12.7. The third-order valence-corrected chi connectivity index (χ3v) is 5.71. The second-order valence-corrected chi connectivity index (χ2v) is 8.23. The Labute approximate surface area is 185 Å². The van der Waals surface area contributed by atoms with Gasteiger partial charge < -0.3 is 20.3 Å². The first-order valence-electron chi connectivity index (χ1n) is 11.0. The molecule has 1 aliphatic heterocycles. The molecule has 3 amide bonds. The van der Waals surface area contributed by atoms with Crippen molar-refractivity contribution >= 4 is 23.4 Å². The summed E-state index contributed by atoms with van der Waals surface area (Å²) in [4.78, 5) is 40.9. The number of piperidine rings is 1. The zero-order valence-corrected chi connectivity index (χ0v) is 19.1. The van der Waals surface area contributed by atoms with E-state index in [1.54, 1.807) is 38.4 Å². The highest BCUT2D eigenvalue weighted by atomic mass is 16.5. The summed E-state index contributed by atoms with van der Waals surface area (Å²) < 4.78 is 5.15. The van der Waals surface area contributed by atoms with Crippen molar-refractivity contribution in [2.45, 2.75) is 45.6 Å². The summed E-state index contributed by atoms with van der Waals surface area (Å²) in [6.45, 7) is 5.59. The summed E-state index contributed by atoms with van der Waals surface area (Å²) in [5, 5.41) is 5.78. The van der Waals surface area contributed by atoms with Crippen molar-refractivity contribution in [1.82, 2.24) is 15.1 Å². The largest absolute Gasteiger partial charge is 0.497 e. The molecule has 2 rings (SSSR count). The van der Waals surface area contributed by atoms with E-state index >= 15 is 0 Å². The van der Waals surface area contributed by atoms with Gasteiger partial charge in [-0.1, -0.05) is 19.4 Å². The summed E-state index contributed by atoms with van der Waals surface area (Å²) in [6, 6.07) is 7.30. The van der Waals surface area contributed by atoms with E-state index in [0.717, 1.165) is 25.7 Å². The molecule has 0 aromatic heterocycles. The molecular weight excluding hydrogens is 396 g/mol. The fourth-order valence-corrected chi connectivity index (χ4v) is 3.65. The minimum atomic E-state index is -0.274. The van der Waals surface area contributed by atoms with E-state index in [0.29, 0.717) is 24.5 Å². The van der Waals surface area contributed by atoms with Crippen LogP contribution in [0.1, 0.15) is 39.5 Å². The molecule has 2 atom stereocenters. The highest BCUT2D eigenvalue weighted by Gasteiger charge is 2.31. The molecule has 0 bridgehead atoms. The molecule has 8 nitrogen and oxygen atoms in total. The predicted molar refractivity (Wildman–Crippen MR) is 121 cm³/mol. The molecule has 1 heterocycles. The number of nitrogens with one attached hydrogen (secondary N) is 2. The highest BCUT2D eigenvalue weighted by Crippen LogP contribution is 2.22. The number of rotatable bonds is 10. The van der Waals surface area contributed by atoms with Crippen LogP contribution in [0.4, 0.5) is 5.69 Å². The minimum Gasteiger partial charge on any atom is -0.497 e. The van der Waals surface area contributed by atoms with Crippen molar-refractivity contribution in [2.24, 2.45) is 5.92 Å². The van der Waals surface area contributed by atoms with Gasteiger partial charge in [0.15, 0.2) is 0 Å². The van der Waals surface area contributed by atoms with Gasteiger partial charge >= 0.3 is 0 Å². The van der Waals surface area contributed by atoms with E-state index in [1.807, 2.05) is 4.90 Å². The Hall–Kier alpha value is -2.61. The van der Waals surface area contributed by atoms with Crippen LogP contribution < -0.4 is 15.4 Å². The molecule has 1 saturated heterocycles. The number of carbonyl (C=O) groups excluding carboxylic acids is 3. The molecule has 0 aliphatic carbocycles. The first-order chi connectivity index (χ1) is 14.8. The molecule has 8 heteroatoms. The summed E-state index contributed by atoms with van der Waals surface area (Å²) in [5.41, 5.74) is 0.617. The molecule has 1 aliphatic rings. The number of likely N-dealkylation sites (tertiary alicyclic amines) is 1. The number of benzene rings is 1. The van der Waals surface area contributed by atoms with Crippen LogP contribution in [-0.2, 0) is 14.4 Å². The average Bonchev–Trinajstić information content (AvgIpc) is 2.75. The van der Waals surface area contributed by atoms with E-state index in [2.05, 4.69) is 24.5 Å². The fourth-order valence-electron chi connectivity index (χ4n) is 3.65. The maximum absolute atomic E-state index is 12.7. The number of amides is 3. The lowest BCUT2D eigenvalue weighted by molar-refractivity contribution is -0.136. The Morgan fingerprint density at radius 1 is 1.26 bits per heavy atom. The topological polar surface area (TPSA) is 91.0 Å². The Balaban J connectivity index is 1.84. The normalized spacial score (nSPS) is 18.8. The SMILES string of the molecule is CCCCNC(=O)C1CCC(C)N(CC(=O)N(C)CC(=O)Nc2cccc(OC)c2)C1. The summed E-state index contributed by atoms with van der Waals surface area (Å²) >= 11 is 0. The predicted octanol–water partition coefficient (Wildman–Crippen LogP) is 2.11. The van der Waals surface area contributed by atoms with Gasteiger partial charge in [0.05, 0.1) is 26.1 Å². The van der Waals surface area contributed by atoms with E-state index in [9.17, 15) is 14.4 Å². The summed E-state index contributed by atoms with van der Waals surface area (Å²) in [5.74, 6) is 0.213.